The fourth-order valence-corrected chi connectivity index (χ4v) is 2.28. The highest BCUT2D eigenvalue weighted by Gasteiger charge is 2.15. The lowest BCUT2D eigenvalue weighted by atomic mass is 10.1. The molecule has 0 amide bonds. The van der Waals surface area contributed by atoms with Gasteiger partial charge in [-0.15, -0.1) is 5.10 Å². The van der Waals surface area contributed by atoms with E-state index in [1.807, 2.05) is 0 Å². The third-order valence-corrected chi connectivity index (χ3v) is 3.62. The van der Waals surface area contributed by atoms with Gasteiger partial charge in [0.1, 0.15) is 23.1 Å². The van der Waals surface area contributed by atoms with Crippen molar-refractivity contribution in [1.29, 1.82) is 0 Å². The molecular weight excluding hydrogens is 280 g/mol. The van der Waals surface area contributed by atoms with Crippen molar-refractivity contribution < 1.29 is 9.66 Å². The van der Waals surface area contributed by atoms with Gasteiger partial charge in [-0.05, 0) is 25.5 Å². The molecule has 20 heavy (non-hydrogen) atoms. The maximum absolute atomic E-state index is 10.9. The van der Waals surface area contributed by atoms with E-state index in [9.17, 15) is 10.1 Å². The Balaban J connectivity index is 2.18. The largest absolute Gasteiger partial charge is 0.487 e. The van der Waals surface area contributed by atoms with E-state index in [1.165, 1.54) is 17.6 Å². The van der Waals surface area contributed by atoms with Crippen molar-refractivity contribution in [2.24, 2.45) is 0 Å². The zero-order valence-electron chi connectivity index (χ0n) is 11.3. The topological polar surface area (TPSA) is 90.2 Å². The van der Waals surface area contributed by atoms with Crippen molar-refractivity contribution in [3.8, 4) is 5.75 Å². The number of nitrogens with one attached hydrogen (secondary N) is 1. The second-order valence-corrected chi connectivity index (χ2v) is 5.00. The normalized spacial score (nSPS) is 10.3. The molecule has 2 rings (SSSR count). The van der Waals surface area contributed by atoms with Crippen LogP contribution >= 0.6 is 11.5 Å². The van der Waals surface area contributed by atoms with Gasteiger partial charge in [-0.25, -0.2) is 0 Å². The van der Waals surface area contributed by atoms with Gasteiger partial charge >= 0.3 is 0 Å². The van der Waals surface area contributed by atoms with E-state index < -0.39 is 4.92 Å². The third kappa shape index (κ3) is 2.85. The number of nitro groups is 1. The van der Waals surface area contributed by atoms with Crippen molar-refractivity contribution in [2.45, 2.75) is 20.5 Å². The zero-order valence-corrected chi connectivity index (χ0v) is 12.2. The van der Waals surface area contributed by atoms with Crippen LogP contribution in [0.3, 0.4) is 0 Å². The molecule has 0 fully saturated rings. The van der Waals surface area contributed by atoms with Crippen LogP contribution in [0.15, 0.2) is 12.1 Å². The minimum atomic E-state index is -0.393. The summed E-state index contributed by atoms with van der Waals surface area (Å²) in [5, 5.41) is 18.7. The molecule has 1 heterocycles. The molecule has 106 valence electrons. The summed E-state index contributed by atoms with van der Waals surface area (Å²) >= 11 is 1.26. The van der Waals surface area contributed by atoms with E-state index in [0.717, 1.165) is 10.6 Å². The zero-order chi connectivity index (χ0) is 14.7. The van der Waals surface area contributed by atoms with Crippen molar-refractivity contribution in [3.63, 3.8) is 0 Å². The maximum atomic E-state index is 10.9. The van der Waals surface area contributed by atoms with E-state index in [4.69, 9.17) is 4.74 Å². The average Bonchev–Trinajstić information content (AvgIpc) is 2.86. The van der Waals surface area contributed by atoms with Crippen molar-refractivity contribution in [1.82, 2.24) is 9.59 Å². The van der Waals surface area contributed by atoms with E-state index in [1.54, 1.807) is 27.0 Å². The Morgan fingerprint density at radius 3 is 2.80 bits per heavy atom. The van der Waals surface area contributed by atoms with E-state index >= 15 is 0 Å². The van der Waals surface area contributed by atoms with Crippen molar-refractivity contribution in [2.75, 3.05) is 12.4 Å². The van der Waals surface area contributed by atoms with E-state index in [-0.39, 0.29) is 12.3 Å². The molecule has 1 aromatic carbocycles. The molecule has 0 bridgehead atoms. The number of aryl methyl sites for hydroxylation is 2. The Kier molecular flexibility index (Phi) is 4.14. The smallest absolute Gasteiger partial charge is 0.272 e. The molecule has 0 aliphatic heterocycles. The van der Waals surface area contributed by atoms with Crippen LogP contribution in [0.2, 0.25) is 0 Å². The predicted octanol–water partition coefficient (Wildman–Crippen LogP) is 2.68. The first-order chi connectivity index (χ1) is 9.52. The van der Waals surface area contributed by atoms with E-state index in [2.05, 4.69) is 14.9 Å². The van der Waals surface area contributed by atoms with Crippen LogP contribution in [-0.4, -0.2) is 21.6 Å². The van der Waals surface area contributed by atoms with Gasteiger partial charge in [-0.1, -0.05) is 4.49 Å². The van der Waals surface area contributed by atoms with Gasteiger partial charge in [-0.2, -0.15) is 0 Å². The first-order valence-corrected chi connectivity index (χ1v) is 6.67. The molecule has 7 nitrogen and oxygen atoms in total. The summed E-state index contributed by atoms with van der Waals surface area (Å²) in [6.45, 7) is 3.73. The summed E-state index contributed by atoms with van der Waals surface area (Å²) in [7, 11) is 1.79. The summed E-state index contributed by atoms with van der Waals surface area (Å²) in [6, 6.07) is 3.19. The van der Waals surface area contributed by atoms with Crippen LogP contribution < -0.4 is 10.1 Å². The Morgan fingerprint density at radius 2 is 2.15 bits per heavy atom. The molecule has 0 aliphatic carbocycles. The van der Waals surface area contributed by atoms with Crippen LogP contribution in [0.5, 0.6) is 5.75 Å². The van der Waals surface area contributed by atoms with Gasteiger partial charge < -0.3 is 10.1 Å². The average molecular weight is 294 g/mol. The van der Waals surface area contributed by atoms with Gasteiger partial charge in [0.05, 0.1) is 4.92 Å². The molecule has 0 unspecified atom stereocenters. The van der Waals surface area contributed by atoms with Gasteiger partial charge in [-0.3, -0.25) is 10.1 Å². The lowest BCUT2D eigenvalue weighted by Gasteiger charge is -2.09. The Labute approximate surface area is 119 Å². The summed E-state index contributed by atoms with van der Waals surface area (Å²) < 4.78 is 9.52. The first-order valence-electron chi connectivity index (χ1n) is 5.90. The monoisotopic (exact) mass is 294 g/mol. The molecule has 8 heteroatoms. The molecule has 0 atom stereocenters. The van der Waals surface area contributed by atoms with Gasteiger partial charge in [0.2, 0.25) is 0 Å². The summed E-state index contributed by atoms with van der Waals surface area (Å²) in [6.07, 6.45) is 0. The first kappa shape index (κ1) is 14.2. The number of anilines is 1. The SMILES string of the molecule is CNc1snnc1COc1cc(C)c([N+](=O)[O-])cc1C. The molecule has 0 spiro atoms. The number of nitro benzene ring substituents is 1. The number of ether oxygens (including phenoxy) is 1. The Hall–Kier alpha value is -2.22. The van der Waals surface area contributed by atoms with E-state index in [0.29, 0.717) is 17.0 Å². The molecule has 0 aliphatic rings. The second-order valence-electron chi connectivity index (χ2n) is 4.25. The molecule has 1 aromatic heterocycles. The summed E-state index contributed by atoms with van der Waals surface area (Å²) in [5.41, 5.74) is 2.10. The summed E-state index contributed by atoms with van der Waals surface area (Å²) in [4.78, 5) is 10.5. The molecule has 0 radical (unpaired) electrons. The number of nitrogens with zero attached hydrogens (tertiary/aromatic N) is 3. The number of aromatic nitrogens is 2. The van der Waals surface area contributed by atoms with Crippen LogP contribution in [0.4, 0.5) is 10.7 Å². The molecule has 0 saturated carbocycles. The van der Waals surface area contributed by atoms with Gasteiger partial charge in [0.15, 0.2) is 0 Å². The number of benzene rings is 1. The maximum Gasteiger partial charge on any atom is 0.272 e. The molecule has 1 N–H and O–H groups in total. The predicted molar refractivity (Wildman–Crippen MR) is 76.4 cm³/mol. The highest BCUT2D eigenvalue weighted by atomic mass is 32.1. The minimum absolute atomic E-state index is 0.0982. The number of rotatable bonds is 5. The molecular formula is C12H14N4O3S. The van der Waals surface area contributed by atoms with Crippen LogP contribution in [-0.2, 0) is 6.61 Å². The van der Waals surface area contributed by atoms with Crippen molar-refractivity contribution >= 4 is 22.2 Å². The van der Waals surface area contributed by atoms with Crippen LogP contribution in [0.25, 0.3) is 0 Å². The lowest BCUT2D eigenvalue weighted by Crippen LogP contribution is -2.02. The Morgan fingerprint density at radius 1 is 1.40 bits per heavy atom. The fraction of sp³-hybridized carbons (Fsp3) is 0.333. The highest BCUT2D eigenvalue weighted by molar-refractivity contribution is 7.10. The number of hydrogen-bond donors (Lipinski definition) is 1. The second kappa shape index (κ2) is 5.83. The molecule has 0 saturated heterocycles. The minimum Gasteiger partial charge on any atom is -0.487 e. The Bertz CT molecular complexity index is 642. The lowest BCUT2D eigenvalue weighted by molar-refractivity contribution is -0.385. The van der Waals surface area contributed by atoms with Crippen molar-refractivity contribution in [3.05, 3.63) is 39.1 Å². The van der Waals surface area contributed by atoms with Crippen LogP contribution in [0, 0.1) is 24.0 Å². The third-order valence-electron chi connectivity index (χ3n) is 2.84. The highest BCUT2D eigenvalue weighted by Crippen LogP contribution is 2.28. The number of hydrogen-bond acceptors (Lipinski definition) is 7. The van der Waals surface area contributed by atoms with Gasteiger partial charge in [0.25, 0.3) is 5.69 Å². The standard InChI is InChI=1S/C12H14N4O3S/c1-7-5-11(8(2)4-10(7)16(17)18)19-6-9-12(13-3)20-15-14-9/h4-5,13H,6H2,1-3H3. The molecule has 2 aromatic rings. The fourth-order valence-electron chi connectivity index (χ4n) is 1.77. The summed E-state index contributed by atoms with van der Waals surface area (Å²) in [5.74, 6) is 0.614. The van der Waals surface area contributed by atoms with Gasteiger partial charge in [0, 0.05) is 30.2 Å². The van der Waals surface area contributed by atoms with Crippen LogP contribution in [0.1, 0.15) is 16.8 Å². The quantitative estimate of drug-likeness (QED) is 0.673.